The maximum atomic E-state index is 12.8. The van der Waals surface area contributed by atoms with Gasteiger partial charge in [-0.2, -0.15) is 13.2 Å². The van der Waals surface area contributed by atoms with Gasteiger partial charge in [0.1, 0.15) is 6.04 Å². The summed E-state index contributed by atoms with van der Waals surface area (Å²) in [6, 6.07) is 12.8. The van der Waals surface area contributed by atoms with Crippen LogP contribution in [-0.4, -0.2) is 54.2 Å². The average Bonchev–Trinajstić information content (AvgIpc) is 2.81. The Morgan fingerprint density at radius 2 is 1.61 bits per heavy atom. The molecule has 0 aliphatic carbocycles. The van der Waals surface area contributed by atoms with Crippen LogP contribution >= 0.6 is 0 Å². The highest BCUT2D eigenvalue weighted by atomic mass is 19.4. The Kier molecular flexibility index (Phi) is 12.9. The molecule has 2 aromatic rings. The van der Waals surface area contributed by atoms with Crippen LogP contribution < -0.4 is 22.1 Å². The van der Waals surface area contributed by atoms with Crippen molar-refractivity contribution in [2.24, 2.45) is 17.4 Å². The lowest BCUT2D eigenvalue weighted by atomic mass is 10.0. The largest absolute Gasteiger partial charge is 0.490 e. The van der Waals surface area contributed by atoms with Crippen molar-refractivity contribution in [2.45, 2.75) is 57.8 Å². The highest BCUT2D eigenvalue weighted by molar-refractivity contribution is 5.90. The summed E-state index contributed by atoms with van der Waals surface area (Å²) in [4.78, 5) is 34.2. The molecule has 2 amide bonds. The van der Waals surface area contributed by atoms with Crippen molar-refractivity contribution in [3.05, 3.63) is 48.0 Å². The number of aliphatic carboxylic acids is 1. The SMILES string of the molecule is CC(C)CCNC(=O)[C@H](Cc1ccc2ccccc2c1)NC(=O)[C@H](N)CCCN.O=C(O)C(F)(F)F. The number of benzene rings is 2. The van der Waals surface area contributed by atoms with E-state index in [1.165, 1.54) is 0 Å². The van der Waals surface area contributed by atoms with Crippen LogP contribution in [0.3, 0.4) is 0 Å². The molecule has 200 valence electrons. The molecule has 0 bridgehead atoms. The van der Waals surface area contributed by atoms with Crippen LogP contribution in [-0.2, 0) is 20.8 Å². The molecule has 2 aromatic carbocycles. The number of fused-ring (bicyclic) bond motifs is 1. The van der Waals surface area contributed by atoms with Crippen LogP contribution in [0.2, 0.25) is 0 Å². The van der Waals surface area contributed by atoms with E-state index in [1.54, 1.807) is 0 Å². The van der Waals surface area contributed by atoms with Gasteiger partial charge in [0.05, 0.1) is 6.04 Å². The Labute approximate surface area is 208 Å². The Balaban J connectivity index is 0.000000809. The van der Waals surface area contributed by atoms with Crippen molar-refractivity contribution in [1.29, 1.82) is 0 Å². The predicted octanol–water partition coefficient (Wildman–Crippen LogP) is 2.73. The molecule has 0 saturated carbocycles. The fourth-order valence-corrected chi connectivity index (χ4v) is 3.17. The number of amides is 2. The van der Waals surface area contributed by atoms with E-state index in [4.69, 9.17) is 21.4 Å². The number of carbonyl (C=O) groups is 3. The average molecular weight is 513 g/mol. The first-order valence-corrected chi connectivity index (χ1v) is 11.7. The van der Waals surface area contributed by atoms with Gasteiger partial charge in [-0.3, -0.25) is 9.59 Å². The Morgan fingerprint density at radius 1 is 1.00 bits per heavy atom. The molecule has 0 aromatic heterocycles. The van der Waals surface area contributed by atoms with Gasteiger partial charge in [-0.15, -0.1) is 0 Å². The summed E-state index contributed by atoms with van der Waals surface area (Å²) in [5, 5.41) is 15.2. The Morgan fingerprint density at radius 3 is 2.17 bits per heavy atom. The summed E-state index contributed by atoms with van der Waals surface area (Å²) in [7, 11) is 0. The number of alkyl halides is 3. The van der Waals surface area contributed by atoms with E-state index in [-0.39, 0.29) is 11.8 Å². The number of rotatable bonds is 11. The molecule has 0 heterocycles. The molecule has 0 unspecified atom stereocenters. The maximum Gasteiger partial charge on any atom is 0.490 e. The minimum absolute atomic E-state index is 0.182. The van der Waals surface area contributed by atoms with E-state index in [2.05, 4.69) is 30.5 Å². The first-order valence-electron chi connectivity index (χ1n) is 11.7. The lowest BCUT2D eigenvalue weighted by Crippen LogP contribution is -2.52. The quantitative estimate of drug-likeness (QED) is 0.313. The second kappa shape index (κ2) is 15.0. The van der Waals surface area contributed by atoms with Gasteiger partial charge in [0, 0.05) is 13.0 Å². The summed E-state index contributed by atoms with van der Waals surface area (Å²) < 4.78 is 31.7. The first-order chi connectivity index (χ1) is 16.8. The van der Waals surface area contributed by atoms with Crippen LogP contribution in [0.25, 0.3) is 10.8 Å². The molecule has 36 heavy (non-hydrogen) atoms. The molecule has 2 atom stereocenters. The second-order valence-corrected chi connectivity index (χ2v) is 8.76. The first kappa shape index (κ1) is 30.9. The summed E-state index contributed by atoms with van der Waals surface area (Å²) in [5.41, 5.74) is 12.5. The van der Waals surface area contributed by atoms with Crippen molar-refractivity contribution >= 4 is 28.6 Å². The lowest BCUT2D eigenvalue weighted by molar-refractivity contribution is -0.192. The summed E-state index contributed by atoms with van der Waals surface area (Å²) in [5.74, 6) is -2.76. The fraction of sp³-hybridized carbons (Fsp3) is 0.480. The highest BCUT2D eigenvalue weighted by Gasteiger charge is 2.38. The molecule has 0 radical (unpaired) electrons. The molecular formula is C25H35F3N4O4. The van der Waals surface area contributed by atoms with Crippen molar-refractivity contribution in [1.82, 2.24) is 10.6 Å². The number of hydrogen-bond acceptors (Lipinski definition) is 5. The van der Waals surface area contributed by atoms with Crippen LogP contribution in [0, 0.1) is 5.92 Å². The number of nitrogens with two attached hydrogens (primary N) is 2. The molecule has 0 spiro atoms. The van der Waals surface area contributed by atoms with Crippen LogP contribution in [0.15, 0.2) is 42.5 Å². The number of hydrogen-bond donors (Lipinski definition) is 5. The maximum absolute atomic E-state index is 12.8. The van der Waals surface area contributed by atoms with Gasteiger partial charge in [-0.05, 0) is 48.1 Å². The normalized spacial score (nSPS) is 12.9. The Bertz CT molecular complexity index is 999. The molecule has 11 heteroatoms. The molecule has 0 aliphatic rings. The van der Waals surface area contributed by atoms with Gasteiger partial charge in [-0.25, -0.2) is 4.79 Å². The molecule has 0 aliphatic heterocycles. The summed E-state index contributed by atoms with van der Waals surface area (Å²) >= 11 is 0. The second-order valence-electron chi connectivity index (χ2n) is 8.76. The van der Waals surface area contributed by atoms with Gasteiger partial charge < -0.3 is 27.2 Å². The van der Waals surface area contributed by atoms with Gasteiger partial charge in [-0.1, -0.05) is 56.3 Å². The number of halogens is 3. The molecule has 2 rings (SSSR count). The van der Waals surface area contributed by atoms with Crippen molar-refractivity contribution in [3.8, 4) is 0 Å². The van der Waals surface area contributed by atoms with E-state index < -0.39 is 24.2 Å². The van der Waals surface area contributed by atoms with Gasteiger partial charge in [0.25, 0.3) is 0 Å². The topological polar surface area (TPSA) is 148 Å². The van der Waals surface area contributed by atoms with Gasteiger partial charge >= 0.3 is 12.1 Å². The molecule has 8 nitrogen and oxygen atoms in total. The minimum Gasteiger partial charge on any atom is -0.475 e. The minimum atomic E-state index is -5.08. The fourth-order valence-electron chi connectivity index (χ4n) is 3.17. The summed E-state index contributed by atoms with van der Waals surface area (Å²) in [6.45, 7) is 5.28. The zero-order chi connectivity index (χ0) is 27.3. The number of carboxylic acid groups (broad SMARTS) is 1. The molecule has 7 N–H and O–H groups in total. The summed E-state index contributed by atoms with van der Waals surface area (Å²) in [6.07, 6.45) is -2.61. The predicted molar refractivity (Wildman–Crippen MR) is 132 cm³/mol. The zero-order valence-electron chi connectivity index (χ0n) is 20.5. The number of nitrogens with one attached hydrogen (secondary N) is 2. The van der Waals surface area contributed by atoms with E-state index in [0.717, 1.165) is 22.8 Å². The van der Waals surface area contributed by atoms with E-state index in [9.17, 15) is 22.8 Å². The highest BCUT2D eigenvalue weighted by Crippen LogP contribution is 2.17. The van der Waals surface area contributed by atoms with Crippen LogP contribution in [0.4, 0.5) is 13.2 Å². The Hall–Kier alpha value is -3.18. The monoisotopic (exact) mass is 512 g/mol. The van der Waals surface area contributed by atoms with E-state index in [1.807, 2.05) is 36.4 Å². The van der Waals surface area contributed by atoms with Crippen molar-refractivity contribution < 1.29 is 32.7 Å². The molecule has 0 saturated heterocycles. The van der Waals surface area contributed by atoms with Crippen molar-refractivity contribution in [2.75, 3.05) is 13.1 Å². The third-order valence-corrected chi connectivity index (χ3v) is 5.21. The number of carbonyl (C=O) groups excluding carboxylic acids is 2. The van der Waals surface area contributed by atoms with E-state index >= 15 is 0 Å². The van der Waals surface area contributed by atoms with Gasteiger partial charge in [0.2, 0.25) is 11.8 Å². The number of carboxylic acids is 1. The molecule has 0 fully saturated rings. The van der Waals surface area contributed by atoms with Crippen molar-refractivity contribution in [3.63, 3.8) is 0 Å². The lowest BCUT2D eigenvalue weighted by Gasteiger charge is -2.21. The molecular weight excluding hydrogens is 477 g/mol. The smallest absolute Gasteiger partial charge is 0.475 e. The standard InChI is InChI=1S/C23H34N4O2.C2HF3O2/c1-16(2)11-13-26-23(29)21(27-22(28)20(25)8-5-12-24)15-17-9-10-18-6-3-4-7-19(18)14-17;3-2(4,5)1(6)7/h3-4,6-7,9-10,14,16,20-21H,5,8,11-13,15,24-25H2,1-2H3,(H,26,29)(H,27,28);(H,6,7)/t20-,21+;/m1./s1. The van der Waals surface area contributed by atoms with Crippen LogP contribution in [0.5, 0.6) is 0 Å². The third kappa shape index (κ3) is 11.5. The van der Waals surface area contributed by atoms with E-state index in [0.29, 0.717) is 38.3 Å². The van der Waals surface area contributed by atoms with Gasteiger partial charge in [0.15, 0.2) is 0 Å². The third-order valence-electron chi connectivity index (χ3n) is 5.21. The zero-order valence-corrected chi connectivity index (χ0v) is 20.5. The van der Waals surface area contributed by atoms with Crippen LogP contribution in [0.1, 0.15) is 38.7 Å².